The molecule has 0 N–H and O–H groups in total. The van der Waals surface area contributed by atoms with Gasteiger partial charge in [-0.05, 0) is 135 Å². The summed E-state index contributed by atoms with van der Waals surface area (Å²) in [4.78, 5) is 50.6. The maximum atomic E-state index is 13.3. The van der Waals surface area contributed by atoms with Crippen LogP contribution in [0.5, 0.6) is 0 Å². The minimum Gasteiger partial charge on any atom is -0.459 e. The van der Waals surface area contributed by atoms with E-state index in [1.165, 1.54) is 0 Å². The predicted molar refractivity (Wildman–Crippen MR) is 187 cm³/mol. The Balaban J connectivity index is 1.53. The summed E-state index contributed by atoms with van der Waals surface area (Å²) in [5.41, 5.74) is 1.52. The van der Waals surface area contributed by atoms with E-state index < -0.39 is 11.9 Å². The van der Waals surface area contributed by atoms with Gasteiger partial charge >= 0.3 is 23.9 Å². The van der Waals surface area contributed by atoms with E-state index >= 15 is 0 Å². The molecule has 0 aliphatic heterocycles. The molecule has 8 nitrogen and oxygen atoms in total. The van der Waals surface area contributed by atoms with E-state index in [0.29, 0.717) is 22.3 Å². The van der Waals surface area contributed by atoms with Crippen molar-refractivity contribution in [2.24, 2.45) is 0 Å². The van der Waals surface area contributed by atoms with Gasteiger partial charge in [0.2, 0.25) is 0 Å². The van der Waals surface area contributed by atoms with Crippen molar-refractivity contribution < 1.29 is 38.1 Å². The van der Waals surface area contributed by atoms with Crippen LogP contribution in [0.4, 0.5) is 0 Å². The van der Waals surface area contributed by atoms with Crippen molar-refractivity contribution in [2.75, 3.05) is 0 Å². The van der Waals surface area contributed by atoms with E-state index in [2.05, 4.69) is 13.2 Å². The lowest BCUT2D eigenvalue weighted by molar-refractivity contribution is -0.145. The summed E-state index contributed by atoms with van der Waals surface area (Å²) in [7, 11) is 0. The summed E-state index contributed by atoms with van der Waals surface area (Å²) in [6.45, 7) is 10.7. The van der Waals surface area contributed by atoms with E-state index in [0.717, 1.165) is 128 Å². The lowest BCUT2D eigenvalue weighted by atomic mass is 9.98. The van der Waals surface area contributed by atoms with Crippen molar-refractivity contribution in [1.82, 2.24) is 0 Å². The van der Waals surface area contributed by atoms with Crippen molar-refractivity contribution in [3.63, 3.8) is 0 Å². The zero-order valence-corrected chi connectivity index (χ0v) is 29.4. The third-order valence-electron chi connectivity index (χ3n) is 9.33. The van der Waals surface area contributed by atoms with Crippen LogP contribution < -0.4 is 0 Å². The lowest BCUT2D eigenvalue weighted by Crippen LogP contribution is -2.22. The number of carbonyl (C=O) groups is 4. The summed E-state index contributed by atoms with van der Waals surface area (Å²) in [6, 6.07) is 6.65. The van der Waals surface area contributed by atoms with Crippen molar-refractivity contribution in [2.45, 2.75) is 167 Å². The van der Waals surface area contributed by atoms with Gasteiger partial charge in [0.15, 0.2) is 0 Å². The van der Waals surface area contributed by atoms with E-state index in [1.807, 2.05) is 0 Å². The zero-order valence-electron chi connectivity index (χ0n) is 29.4. The van der Waals surface area contributed by atoms with Gasteiger partial charge in [0.25, 0.3) is 0 Å². The Morgan fingerprint density at radius 3 is 1.04 bits per heavy atom. The average Bonchev–Trinajstić information content (AvgIpc) is 3.05. The Bertz CT molecular complexity index is 1130. The van der Waals surface area contributed by atoms with E-state index in [-0.39, 0.29) is 36.4 Å². The highest BCUT2D eigenvalue weighted by molar-refractivity contribution is 5.95. The van der Waals surface area contributed by atoms with E-state index in [1.54, 1.807) is 38.1 Å². The predicted octanol–water partition coefficient (Wildman–Crippen LogP) is 9.54. The first-order chi connectivity index (χ1) is 23.1. The molecule has 2 aliphatic carbocycles. The molecule has 48 heavy (non-hydrogen) atoms. The van der Waals surface area contributed by atoms with Gasteiger partial charge in [-0.25, -0.2) is 19.2 Å². The second kappa shape index (κ2) is 21.5. The van der Waals surface area contributed by atoms with Crippen molar-refractivity contribution in [3.8, 4) is 0 Å². The monoisotopic (exact) mass is 666 g/mol. The van der Waals surface area contributed by atoms with Gasteiger partial charge in [-0.15, -0.1) is 0 Å². The molecule has 0 bridgehead atoms. The first-order valence-corrected chi connectivity index (χ1v) is 18.4. The number of ether oxygens (including phenoxy) is 4. The molecule has 0 spiro atoms. The Hall–Kier alpha value is -3.42. The molecule has 2 saturated carbocycles. The van der Waals surface area contributed by atoms with Crippen LogP contribution in [0, 0.1) is 0 Å². The van der Waals surface area contributed by atoms with Crippen LogP contribution in [0.25, 0.3) is 0 Å². The molecule has 4 unspecified atom stereocenters. The molecule has 2 fully saturated rings. The smallest absolute Gasteiger partial charge is 0.338 e. The lowest BCUT2D eigenvalue weighted by Gasteiger charge is -2.22. The molecular formula is C40H58O8. The normalized spacial score (nSPS) is 23.7. The molecule has 266 valence electrons. The molecule has 4 atom stereocenters. The Kier molecular flexibility index (Phi) is 17.5. The molecule has 8 heteroatoms. The van der Waals surface area contributed by atoms with E-state index in [9.17, 15) is 19.2 Å². The fourth-order valence-corrected chi connectivity index (χ4v) is 6.45. The molecule has 0 aromatic heterocycles. The Labute approximate surface area is 288 Å². The summed E-state index contributed by atoms with van der Waals surface area (Å²) < 4.78 is 23.3. The zero-order chi connectivity index (χ0) is 34.7. The molecule has 0 amide bonds. The fourth-order valence-electron chi connectivity index (χ4n) is 6.45. The van der Waals surface area contributed by atoms with Crippen molar-refractivity contribution in [1.29, 1.82) is 0 Å². The number of benzene rings is 1. The third kappa shape index (κ3) is 14.8. The van der Waals surface area contributed by atoms with Gasteiger partial charge in [0.1, 0.15) is 24.4 Å². The topological polar surface area (TPSA) is 105 Å². The van der Waals surface area contributed by atoms with Gasteiger partial charge in [-0.3, -0.25) is 0 Å². The maximum absolute atomic E-state index is 13.3. The Morgan fingerprint density at radius 2 is 0.750 bits per heavy atom. The van der Waals surface area contributed by atoms with Crippen molar-refractivity contribution in [3.05, 3.63) is 59.7 Å². The number of rotatable bonds is 8. The molecular weight excluding hydrogens is 608 g/mol. The highest BCUT2D eigenvalue weighted by atomic mass is 16.6. The van der Waals surface area contributed by atoms with Gasteiger partial charge < -0.3 is 18.9 Å². The minimum absolute atomic E-state index is 0.103. The first-order valence-electron chi connectivity index (χ1n) is 18.4. The summed E-state index contributed by atoms with van der Waals surface area (Å²) in [6.07, 6.45) is 17.3. The highest BCUT2D eigenvalue weighted by Crippen LogP contribution is 2.24. The van der Waals surface area contributed by atoms with Crippen LogP contribution in [-0.2, 0) is 28.5 Å². The number of carbonyl (C=O) groups excluding carboxylic acids is 4. The number of esters is 4. The van der Waals surface area contributed by atoms with Gasteiger partial charge in [-0.1, -0.05) is 44.9 Å². The van der Waals surface area contributed by atoms with Crippen LogP contribution in [0.1, 0.15) is 163 Å². The molecule has 3 rings (SSSR count). The molecule has 1 aromatic rings. The minimum atomic E-state index is -0.428. The van der Waals surface area contributed by atoms with Crippen LogP contribution in [0.2, 0.25) is 0 Å². The second-order valence-corrected chi connectivity index (χ2v) is 13.8. The molecule has 0 saturated heterocycles. The maximum Gasteiger partial charge on any atom is 0.338 e. The summed E-state index contributed by atoms with van der Waals surface area (Å²) in [5, 5.41) is 0. The molecule has 2 aliphatic rings. The summed E-state index contributed by atoms with van der Waals surface area (Å²) in [5.74, 6) is -1.51. The molecule has 1 aromatic carbocycles. The van der Waals surface area contributed by atoms with Crippen LogP contribution >= 0.6 is 0 Å². The molecule has 0 radical (unpaired) electrons. The first kappa shape index (κ1) is 39.0. The number of hydrogen-bond donors (Lipinski definition) is 0. The highest BCUT2D eigenvalue weighted by Gasteiger charge is 2.22. The molecule has 0 heterocycles. The van der Waals surface area contributed by atoms with Crippen LogP contribution in [0.15, 0.2) is 48.6 Å². The largest absolute Gasteiger partial charge is 0.459 e. The number of hydrogen-bond acceptors (Lipinski definition) is 8. The second-order valence-electron chi connectivity index (χ2n) is 13.8. The average molecular weight is 667 g/mol. The van der Waals surface area contributed by atoms with Gasteiger partial charge in [-0.2, -0.15) is 0 Å². The van der Waals surface area contributed by atoms with Gasteiger partial charge in [0, 0.05) is 11.1 Å². The van der Waals surface area contributed by atoms with Crippen molar-refractivity contribution >= 4 is 23.9 Å². The quantitative estimate of drug-likeness (QED) is 0.153. The van der Waals surface area contributed by atoms with Gasteiger partial charge in [0.05, 0.1) is 11.1 Å². The fraction of sp³-hybridized carbons (Fsp3) is 0.650. The summed E-state index contributed by atoms with van der Waals surface area (Å²) >= 11 is 0. The van der Waals surface area contributed by atoms with Crippen LogP contribution in [0.3, 0.4) is 0 Å². The SMILES string of the molecule is C=C(C)C(=O)OC1CCCCCCC(OC(=O)c2cccc(C(=O)OC3CCCCCCC(OC(=O)C(=C)C)CCCC3)c2)CCCC1. The van der Waals surface area contributed by atoms with Crippen LogP contribution in [-0.4, -0.2) is 48.3 Å². The van der Waals surface area contributed by atoms with E-state index in [4.69, 9.17) is 18.9 Å². The standard InChI is InChI=1S/C40H58O8/c1-29(2)37(41)45-33-20-9-5-7-11-22-35(26-15-13-24-33)47-39(43)31-18-17-19-32(28-31)40(44)48-36-23-12-8-6-10-21-34(25-14-16-27-36)46-38(42)30(3)4/h17-19,28,33-36H,1,3,5-16,20-27H2,2,4H3. The Morgan fingerprint density at radius 1 is 0.479 bits per heavy atom. The third-order valence-corrected chi connectivity index (χ3v) is 9.33.